The minimum absolute atomic E-state index is 0.0647. The lowest BCUT2D eigenvalue weighted by atomic mass is 9.98. The van der Waals surface area contributed by atoms with E-state index in [-0.39, 0.29) is 25.1 Å². The summed E-state index contributed by atoms with van der Waals surface area (Å²) in [5.74, 6) is -0.0674. The summed E-state index contributed by atoms with van der Waals surface area (Å²) in [4.78, 5) is 15.3. The molecular formula is C27H30FNO5. The van der Waals surface area contributed by atoms with Crippen LogP contribution in [-0.4, -0.2) is 36.4 Å². The fourth-order valence-corrected chi connectivity index (χ4v) is 3.75. The van der Waals surface area contributed by atoms with Crippen molar-refractivity contribution in [3.63, 3.8) is 0 Å². The Morgan fingerprint density at radius 1 is 1.18 bits per heavy atom. The van der Waals surface area contributed by atoms with Gasteiger partial charge >= 0.3 is 5.97 Å². The van der Waals surface area contributed by atoms with Gasteiger partial charge in [-0.2, -0.15) is 0 Å². The number of rotatable bonds is 11. The average molecular weight is 468 g/mol. The van der Waals surface area contributed by atoms with Gasteiger partial charge in [0.2, 0.25) is 5.88 Å². The van der Waals surface area contributed by atoms with Crippen LogP contribution in [0.1, 0.15) is 36.8 Å². The first-order valence-electron chi connectivity index (χ1n) is 11.2. The lowest BCUT2D eigenvalue weighted by Crippen LogP contribution is -2.02. The van der Waals surface area contributed by atoms with Gasteiger partial charge in [0.15, 0.2) is 0 Å². The van der Waals surface area contributed by atoms with Gasteiger partial charge in [-0.1, -0.05) is 18.2 Å². The Labute approximate surface area is 199 Å². The second-order valence-electron chi connectivity index (χ2n) is 8.13. The summed E-state index contributed by atoms with van der Waals surface area (Å²) >= 11 is 0. The van der Waals surface area contributed by atoms with Gasteiger partial charge in [0.1, 0.15) is 11.6 Å². The number of aliphatic carboxylic acids is 1. The van der Waals surface area contributed by atoms with E-state index in [9.17, 15) is 9.18 Å². The molecule has 0 unspecified atom stereocenters. The van der Waals surface area contributed by atoms with Crippen LogP contribution >= 0.6 is 0 Å². The molecule has 0 radical (unpaired) electrons. The molecule has 1 N–H and O–H groups in total. The van der Waals surface area contributed by atoms with Crippen molar-refractivity contribution in [2.45, 2.75) is 39.5 Å². The first-order chi connectivity index (χ1) is 16.4. The number of aromatic nitrogens is 1. The number of hydrogen-bond acceptors (Lipinski definition) is 5. The van der Waals surface area contributed by atoms with E-state index in [0.717, 1.165) is 34.6 Å². The van der Waals surface area contributed by atoms with Gasteiger partial charge in [-0.15, -0.1) is 0 Å². The minimum Gasteiger partial charge on any atom is -0.493 e. The molecule has 1 aromatic heterocycles. The number of carbonyl (C=O) groups is 1. The molecule has 0 amide bonds. The summed E-state index contributed by atoms with van der Waals surface area (Å²) in [6.45, 7) is 5.29. The molecule has 0 aliphatic heterocycles. The molecule has 2 aromatic rings. The van der Waals surface area contributed by atoms with Gasteiger partial charge in [0.05, 0.1) is 18.6 Å². The van der Waals surface area contributed by atoms with Crippen LogP contribution in [0.5, 0.6) is 11.6 Å². The zero-order valence-corrected chi connectivity index (χ0v) is 19.8. The van der Waals surface area contributed by atoms with Gasteiger partial charge in [-0.3, -0.25) is 4.79 Å². The number of halogens is 1. The number of allylic oxidation sites excluding steroid dienone is 5. The molecule has 0 bridgehead atoms. The van der Waals surface area contributed by atoms with E-state index in [2.05, 4.69) is 4.98 Å². The van der Waals surface area contributed by atoms with Crippen LogP contribution in [0.25, 0.3) is 11.3 Å². The van der Waals surface area contributed by atoms with Crippen molar-refractivity contribution in [2.24, 2.45) is 0 Å². The largest absolute Gasteiger partial charge is 0.493 e. The Bertz CT molecular complexity index is 1100. The van der Waals surface area contributed by atoms with Gasteiger partial charge in [-0.25, -0.2) is 9.37 Å². The highest BCUT2D eigenvalue weighted by atomic mass is 19.1. The first kappa shape index (κ1) is 25.2. The lowest BCUT2D eigenvalue weighted by molar-refractivity contribution is -0.136. The van der Waals surface area contributed by atoms with Crippen LogP contribution in [0.15, 0.2) is 65.7 Å². The second kappa shape index (κ2) is 12.1. The third kappa shape index (κ3) is 7.02. The third-order valence-electron chi connectivity index (χ3n) is 5.39. The van der Waals surface area contributed by atoms with Crippen LogP contribution in [-0.2, 0) is 9.53 Å². The molecule has 1 aliphatic carbocycles. The molecule has 0 atom stereocenters. The highest BCUT2D eigenvalue weighted by Gasteiger charge is 2.14. The molecule has 0 saturated heterocycles. The number of benzene rings is 1. The van der Waals surface area contributed by atoms with Gasteiger partial charge in [-0.05, 0) is 60.7 Å². The predicted octanol–water partition coefficient (Wildman–Crippen LogP) is 6.09. The summed E-state index contributed by atoms with van der Waals surface area (Å²) in [6.07, 6.45) is 5.79. The Morgan fingerprint density at radius 2 is 1.94 bits per heavy atom. The van der Waals surface area contributed by atoms with Crippen LogP contribution in [0.4, 0.5) is 4.39 Å². The van der Waals surface area contributed by atoms with E-state index in [1.54, 1.807) is 25.3 Å². The van der Waals surface area contributed by atoms with Crippen LogP contribution in [0.3, 0.4) is 0 Å². The van der Waals surface area contributed by atoms with Crippen molar-refractivity contribution in [1.82, 2.24) is 4.98 Å². The van der Waals surface area contributed by atoms with Crippen LogP contribution in [0.2, 0.25) is 0 Å². The number of ether oxygens (including phenoxy) is 3. The maximum atomic E-state index is 14.3. The Kier molecular flexibility index (Phi) is 8.99. The van der Waals surface area contributed by atoms with Gasteiger partial charge in [0, 0.05) is 44.6 Å². The van der Waals surface area contributed by atoms with E-state index in [0.29, 0.717) is 30.2 Å². The predicted molar refractivity (Wildman–Crippen MR) is 129 cm³/mol. The molecule has 0 fully saturated rings. The maximum Gasteiger partial charge on any atom is 0.303 e. The second-order valence-corrected chi connectivity index (χ2v) is 8.13. The topological polar surface area (TPSA) is 77.9 Å². The van der Waals surface area contributed by atoms with Crippen molar-refractivity contribution >= 4 is 5.97 Å². The van der Waals surface area contributed by atoms with Crippen molar-refractivity contribution in [1.29, 1.82) is 0 Å². The molecular weight excluding hydrogens is 437 g/mol. The van der Waals surface area contributed by atoms with Crippen molar-refractivity contribution < 1.29 is 28.5 Å². The van der Waals surface area contributed by atoms with Gasteiger partial charge < -0.3 is 19.3 Å². The normalized spacial score (nSPS) is 14.5. The molecule has 1 aromatic carbocycles. The SMILES string of the molecule is COCCCOc1cc(C)c(-c2cccc(OC=C3C=CC(CCC(=O)O)=C(F)C3)n2)c(C)c1. The molecule has 6 nitrogen and oxygen atoms in total. The summed E-state index contributed by atoms with van der Waals surface area (Å²) < 4.78 is 30.9. The zero-order valence-electron chi connectivity index (χ0n) is 19.8. The molecule has 3 rings (SSSR count). The smallest absolute Gasteiger partial charge is 0.303 e. The highest BCUT2D eigenvalue weighted by Crippen LogP contribution is 2.31. The fraction of sp³-hybridized carbons (Fsp3) is 0.333. The Balaban J connectivity index is 1.69. The van der Waals surface area contributed by atoms with Gasteiger partial charge in [0.25, 0.3) is 0 Å². The standard InChI is InChI=1S/C27H30FNO5/c1-18-14-22(33-13-5-12-32-3)15-19(2)27(18)24-6-4-7-25(29-24)34-17-20-8-9-21(23(28)16-20)10-11-26(30)31/h4,6-9,14-15,17H,5,10-13,16H2,1-3H3,(H,30,31). The van der Waals surface area contributed by atoms with Crippen LogP contribution in [0, 0.1) is 13.8 Å². The zero-order chi connectivity index (χ0) is 24.5. The number of carboxylic acid groups (broad SMARTS) is 1. The Morgan fingerprint density at radius 3 is 2.62 bits per heavy atom. The summed E-state index contributed by atoms with van der Waals surface area (Å²) in [5, 5.41) is 8.78. The number of pyridine rings is 1. The van der Waals surface area contributed by atoms with E-state index >= 15 is 0 Å². The van der Waals surface area contributed by atoms with E-state index in [1.807, 2.05) is 38.1 Å². The van der Waals surface area contributed by atoms with Crippen molar-refractivity contribution in [2.75, 3.05) is 20.3 Å². The first-order valence-corrected chi connectivity index (χ1v) is 11.2. The van der Waals surface area contributed by atoms with E-state index in [1.165, 1.54) is 6.26 Å². The summed E-state index contributed by atoms with van der Waals surface area (Å²) in [5.41, 5.74) is 4.93. The van der Waals surface area contributed by atoms with Crippen molar-refractivity contribution in [3.05, 3.63) is 76.8 Å². The fourth-order valence-electron chi connectivity index (χ4n) is 3.75. The molecule has 180 valence electrons. The molecule has 1 heterocycles. The lowest BCUT2D eigenvalue weighted by Gasteiger charge is -2.14. The molecule has 0 spiro atoms. The highest BCUT2D eigenvalue weighted by molar-refractivity contribution is 5.69. The summed E-state index contributed by atoms with van der Waals surface area (Å²) in [7, 11) is 1.67. The molecule has 0 saturated carbocycles. The molecule has 34 heavy (non-hydrogen) atoms. The average Bonchev–Trinajstić information content (AvgIpc) is 2.80. The summed E-state index contributed by atoms with van der Waals surface area (Å²) in [6, 6.07) is 9.53. The monoisotopic (exact) mass is 467 g/mol. The number of nitrogens with zero attached hydrogens (tertiary/aromatic N) is 1. The number of methoxy groups -OCH3 is 1. The minimum atomic E-state index is -0.945. The van der Waals surface area contributed by atoms with Crippen molar-refractivity contribution in [3.8, 4) is 22.9 Å². The van der Waals surface area contributed by atoms with E-state index in [4.69, 9.17) is 19.3 Å². The molecule has 7 heteroatoms. The number of carboxylic acids is 1. The quantitative estimate of drug-likeness (QED) is 0.318. The van der Waals surface area contributed by atoms with E-state index < -0.39 is 5.97 Å². The number of hydrogen-bond donors (Lipinski definition) is 1. The third-order valence-corrected chi connectivity index (χ3v) is 5.39. The maximum absolute atomic E-state index is 14.3. The number of aryl methyl sites for hydroxylation is 2. The molecule has 1 aliphatic rings. The Hall–Kier alpha value is -3.45. The van der Waals surface area contributed by atoms with Crippen LogP contribution < -0.4 is 9.47 Å².